The number of halogens is 1. The minimum Gasteiger partial charge on any atom is -0.344 e. The Morgan fingerprint density at radius 3 is 2.70 bits per heavy atom. The highest BCUT2D eigenvalue weighted by Crippen LogP contribution is 2.37. The molecule has 1 aliphatic heterocycles. The van der Waals surface area contributed by atoms with E-state index >= 15 is 0 Å². The van der Waals surface area contributed by atoms with Gasteiger partial charge in [-0.1, -0.05) is 23.7 Å². The molecule has 1 aromatic rings. The van der Waals surface area contributed by atoms with Gasteiger partial charge in [0.2, 0.25) is 5.91 Å². The lowest BCUT2D eigenvalue weighted by atomic mass is 9.76. The lowest BCUT2D eigenvalue weighted by Crippen LogP contribution is -2.54. The van der Waals surface area contributed by atoms with Gasteiger partial charge >= 0.3 is 6.03 Å². The van der Waals surface area contributed by atoms with Gasteiger partial charge in [0, 0.05) is 37.1 Å². The van der Waals surface area contributed by atoms with Gasteiger partial charge in [0.15, 0.2) is 0 Å². The number of carbonyl (C=O) groups is 2. The molecule has 2 N–H and O–H groups in total. The van der Waals surface area contributed by atoms with Crippen molar-refractivity contribution in [1.82, 2.24) is 15.5 Å². The number of urea groups is 1. The van der Waals surface area contributed by atoms with Gasteiger partial charge in [-0.05, 0) is 42.9 Å². The third-order valence-electron chi connectivity index (χ3n) is 4.76. The Balaban J connectivity index is 1.41. The molecule has 1 heterocycles. The van der Waals surface area contributed by atoms with Crippen LogP contribution in [0, 0.1) is 0 Å². The predicted molar refractivity (Wildman–Crippen MR) is 89.5 cm³/mol. The van der Waals surface area contributed by atoms with E-state index in [0.717, 1.165) is 17.9 Å². The number of amides is 3. The van der Waals surface area contributed by atoms with Crippen molar-refractivity contribution >= 4 is 23.5 Å². The number of carbonyl (C=O) groups excluding carboxylic acids is 2. The van der Waals surface area contributed by atoms with Crippen molar-refractivity contribution in [3.8, 4) is 0 Å². The summed E-state index contributed by atoms with van der Waals surface area (Å²) in [6.07, 6.45) is 3.10. The number of likely N-dealkylation sites (tertiary alicyclic amines) is 1. The Kier molecular flexibility index (Phi) is 4.76. The molecule has 6 heteroatoms. The van der Waals surface area contributed by atoms with Crippen LogP contribution in [-0.2, 0) is 4.79 Å². The van der Waals surface area contributed by atoms with Crippen LogP contribution >= 0.6 is 11.6 Å². The van der Waals surface area contributed by atoms with E-state index in [1.54, 1.807) is 11.9 Å². The Labute approximate surface area is 141 Å². The Bertz CT molecular complexity index is 601. The normalized spacial score (nSPS) is 27.3. The molecule has 1 saturated carbocycles. The molecule has 5 nitrogen and oxygen atoms in total. The molecule has 0 unspecified atom stereocenters. The van der Waals surface area contributed by atoms with Crippen LogP contribution in [0.15, 0.2) is 24.3 Å². The molecule has 0 spiro atoms. The summed E-state index contributed by atoms with van der Waals surface area (Å²) in [5.74, 6) is 0.615. The molecule has 1 atom stereocenters. The number of piperidine rings is 1. The smallest absolute Gasteiger partial charge is 0.315 e. The highest BCUT2D eigenvalue weighted by molar-refractivity contribution is 6.30. The highest BCUT2D eigenvalue weighted by Gasteiger charge is 2.32. The first-order chi connectivity index (χ1) is 11.0. The number of nitrogens with zero attached hydrogens (tertiary/aromatic N) is 1. The van der Waals surface area contributed by atoms with Crippen LogP contribution in [0.2, 0.25) is 5.02 Å². The molecular formula is C17H22ClN3O2. The highest BCUT2D eigenvalue weighted by atomic mass is 35.5. The number of rotatable bonds is 3. The van der Waals surface area contributed by atoms with Crippen molar-refractivity contribution in [3.63, 3.8) is 0 Å². The molecule has 0 bridgehead atoms. The maximum atomic E-state index is 12.1. The molecule has 0 radical (unpaired) electrons. The number of nitrogens with one attached hydrogen (secondary N) is 2. The molecule has 3 rings (SSSR count). The largest absolute Gasteiger partial charge is 0.344 e. The second-order valence-corrected chi connectivity index (χ2v) is 6.98. The molecule has 23 heavy (non-hydrogen) atoms. The topological polar surface area (TPSA) is 61.4 Å². The van der Waals surface area contributed by atoms with E-state index in [4.69, 9.17) is 11.6 Å². The van der Waals surface area contributed by atoms with E-state index in [0.29, 0.717) is 25.3 Å². The second kappa shape index (κ2) is 6.79. The minimum atomic E-state index is -0.132. The van der Waals surface area contributed by atoms with Crippen molar-refractivity contribution < 1.29 is 9.59 Å². The van der Waals surface area contributed by atoms with E-state index in [1.807, 2.05) is 18.2 Å². The third kappa shape index (κ3) is 3.96. The predicted octanol–water partition coefficient (Wildman–Crippen LogP) is 2.51. The summed E-state index contributed by atoms with van der Waals surface area (Å²) in [4.78, 5) is 25.2. The maximum Gasteiger partial charge on any atom is 0.315 e. The fourth-order valence-electron chi connectivity index (χ4n) is 3.31. The van der Waals surface area contributed by atoms with Crippen molar-refractivity contribution in [1.29, 1.82) is 0 Å². The number of benzene rings is 1. The minimum absolute atomic E-state index is 0.0431. The van der Waals surface area contributed by atoms with E-state index < -0.39 is 0 Å². The van der Waals surface area contributed by atoms with Crippen LogP contribution in [0.5, 0.6) is 0 Å². The van der Waals surface area contributed by atoms with Gasteiger partial charge in [0.05, 0.1) is 0 Å². The Hall–Kier alpha value is -1.75. The summed E-state index contributed by atoms with van der Waals surface area (Å²) in [6, 6.07) is 8.04. The number of hydrogen-bond donors (Lipinski definition) is 2. The van der Waals surface area contributed by atoms with Gasteiger partial charge in [0.1, 0.15) is 0 Å². The Morgan fingerprint density at radius 1 is 1.26 bits per heavy atom. The van der Waals surface area contributed by atoms with Crippen LogP contribution in [0.1, 0.15) is 37.2 Å². The molecule has 1 aliphatic carbocycles. The van der Waals surface area contributed by atoms with E-state index in [2.05, 4.69) is 16.7 Å². The quantitative estimate of drug-likeness (QED) is 0.891. The summed E-state index contributed by atoms with van der Waals surface area (Å²) >= 11 is 6.01. The van der Waals surface area contributed by atoms with Crippen molar-refractivity contribution in [3.05, 3.63) is 34.9 Å². The van der Waals surface area contributed by atoms with Gasteiger partial charge in [-0.15, -0.1) is 0 Å². The van der Waals surface area contributed by atoms with Crippen LogP contribution < -0.4 is 10.6 Å². The van der Waals surface area contributed by atoms with Crippen molar-refractivity contribution in [2.24, 2.45) is 0 Å². The molecule has 0 aromatic heterocycles. The van der Waals surface area contributed by atoms with Crippen LogP contribution in [0.4, 0.5) is 4.79 Å². The third-order valence-corrected chi connectivity index (χ3v) is 4.99. The molecule has 124 valence electrons. The van der Waals surface area contributed by atoms with Crippen LogP contribution in [0.25, 0.3) is 0 Å². The van der Waals surface area contributed by atoms with Crippen molar-refractivity contribution in [2.75, 3.05) is 13.6 Å². The average molecular weight is 336 g/mol. The van der Waals surface area contributed by atoms with E-state index in [9.17, 15) is 9.59 Å². The lowest BCUT2D eigenvalue weighted by molar-refractivity contribution is -0.132. The summed E-state index contributed by atoms with van der Waals surface area (Å²) < 4.78 is 0. The molecule has 3 amide bonds. The van der Waals surface area contributed by atoms with Gasteiger partial charge in [0.25, 0.3) is 0 Å². The summed E-state index contributed by atoms with van der Waals surface area (Å²) in [5, 5.41) is 6.74. The van der Waals surface area contributed by atoms with E-state index in [-0.39, 0.29) is 24.0 Å². The first-order valence-electron chi connectivity index (χ1n) is 8.07. The zero-order chi connectivity index (χ0) is 16.4. The summed E-state index contributed by atoms with van der Waals surface area (Å²) in [5.41, 5.74) is 1.24. The van der Waals surface area contributed by atoms with E-state index in [1.165, 1.54) is 5.56 Å². The monoisotopic (exact) mass is 335 g/mol. The Morgan fingerprint density at radius 2 is 2.00 bits per heavy atom. The van der Waals surface area contributed by atoms with Gasteiger partial charge in [-0.25, -0.2) is 4.79 Å². The molecule has 2 aliphatic rings. The lowest BCUT2D eigenvalue weighted by Gasteiger charge is -2.37. The van der Waals surface area contributed by atoms with Gasteiger partial charge < -0.3 is 15.5 Å². The average Bonchev–Trinajstić information content (AvgIpc) is 2.46. The van der Waals surface area contributed by atoms with Gasteiger partial charge in [-0.2, -0.15) is 0 Å². The maximum absolute atomic E-state index is 12.1. The zero-order valence-electron chi connectivity index (χ0n) is 13.2. The molecule has 1 aromatic carbocycles. The van der Waals surface area contributed by atoms with Crippen LogP contribution in [0.3, 0.4) is 0 Å². The second-order valence-electron chi connectivity index (χ2n) is 6.55. The summed E-state index contributed by atoms with van der Waals surface area (Å²) in [7, 11) is 1.77. The van der Waals surface area contributed by atoms with Gasteiger partial charge in [-0.3, -0.25) is 4.79 Å². The van der Waals surface area contributed by atoms with Crippen LogP contribution in [-0.4, -0.2) is 42.5 Å². The standard InChI is InChI=1S/C17H22ClN3O2/c1-21-10-14(5-6-16(21)22)19-17(23)20-15-8-12(9-15)11-3-2-4-13(18)7-11/h2-4,7,12,14-15H,5-6,8-10H2,1H3,(H2,19,20,23)/t12?,14-,15?/m1/s1. The first-order valence-corrected chi connectivity index (χ1v) is 8.45. The molecular weight excluding hydrogens is 314 g/mol. The summed E-state index contributed by atoms with van der Waals surface area (Å²) in [6.45, 7) is 0.585. The number of likely N-dealkylation sites (N-methyl/N-ethyl adjacent to an activating group) is 1. The number of hydrogen-bond acceptors (Lipinski definition) is 2. The molecule has 1 saturated heterocycles. The fraction of sp³-hybridized carbons (Fsp3) is 0.529. The SMILES string of the molecule is CN1C[C@H](NC(=O)NC2CC(c3cccc(Cl)c3)C2)CCC1=O. The van der Waals surface area contributed by atoms with Crippen molar-refractivity contribution in [2.45, 2.75) is 43.7 Å². The fourth-order valence-corrected chi connectivity index (χ4v) is 3.51. The molecule has 2 fully saturated rings. The first kappa shape index (κ1) is 16.1. The zero-order valence-corrected chi connectivity index (χ0v) is 14.0.